The summed E-state index contributed by atoms with van der Waals surface area (Å²) in [7, 11) is -4.26. The number of halogens is 2. The highest BCUT2D eigenvalue weighted by Gasteiger charge is 2.31. The summed E-state index contributed by atoms with van der Waals surface area (Å²) in [5.74, 6) is -0.994. The Labute approximate surface area is 118 Å². The first kappa shape index (κ1) is 16.3. The molecule has 5 N–H and O–H groups in total. The predicted octanol–water partition coefficient (Wildman–Crippen LogP) is 0.192. The minimum absolute atomic E-state index is 0.0523. The first-order valence-corrected chi connectivity index (χ1v) is 7.43. The summed E-state index contributed by atoms with van der Waals surface area (Å²) >= 11 is 2.98. The number of nitrogens with one attached hydrogen (secondary N) is 1. The molecule has 0 amide bonds. The van der Waals surface area contributed by atoms with Gasteiger partial charge in [-0.3, -0.25) is 0 Å². The SMILES string of the molecule is CC(CO)(CO)NS(=O)(=O)c1cc(N)c(Br)cc1F. The van der Waals surface area contributed by atoms with Gasteiger partial charge < -0.3 is 15.9 Å². The number of hydrogen-bond donors (Lipinski definition) is 4. The molecule has 0 unspecified atom stereocenters. The van der Waals surface area contributed by atoms with Crippen LogP contribution in [0.5, 0.6) is 0 Å². The number of benzene rings is 1. The Balaban J connectivity index is 3.25. The van der Waals surface area contributed by atoms with Gasteiger partial charge in [0.25, 0.3) is 0 Å². The van der Waals surface area contributed by atoms with Crippen LogP contribution in [-0.4, -0.2) is 37.4 Å². The molecule has 0 atom stereocenters. The van der Waals surface area contributed by atoms with Crippen molar-refractivity contribution >= 4 is 31.6 Å². The van der Waals surface area contributed by atoms with Gasteiger partial charge in [-0.2, -0.15) is 0 Å². The van der Waals surface area contributed by atoms with Crippen molar-refractivity contribution in [3.05, 3.63) is 22.4 Å². The van der Waals surface area contributed by atoms with Crippen molar-refractivity contribution in [1.29, 1.82) is 0 Å². The van der Waals surface area contributed by atoms with Gasteiger partial charge in [0.1, 0.15) is 10.7 Å². The fourth-order valence-corrected chi connectivity index (χ4v) is 3.05. The van der Waals surface area contributed by atoms with E-state index in [1.54, 1.807) is 0 Å². The summed E-state index contributed by atoms with van der Waals surface area (Å²) in [6.07, 6.45) is 0. The van der Waals surface area contributed by atoms with Crippen LogP contribution < -0.4 is 10.5 Å². The quantitative estimate of drug-likeness (QED) is 0.562. The highest BCUT2D eigenvalue weighted by atomic mass is 79.9. The third-order valence-electron chi connectivity index (χ3n) is 2.42. The van der Waals surface area contributed by atoms with Crippen molar-refractivity contribution < 1.29 is 23.0 Å². The lowest BCUT2D eigenvalue weighted by Gasteiger charge is -2.26. The molecule has 0 aliphatic rings. The highest BCUT2D eigenvalue weighted by molar-refractivity contribution is 9.10. The van der Waals surface area contributed by atoms with Gasteiger partial charge in [0.2, 0.25) is 10.0 Å². The van der Waals surface area contributed by atoms with E-state index in [2.05, 4.69) is 15.9 Å². The molecule has 1 aromatic carbocycles. The molecule has 0 heterocycles. The topological polar surface area (TPSA) is 113 Å². The lowest BCUT2D eigenvalue weighted by Crippen LogP contribution is -2.51. The van der Waals surface area contributed by atoms with E-state index in [0.717, 1.165) is 12.1 Å². The van der Waals surface area contributed by atoms with Gasteiger partial charge >= 0.3 is 0 Å². The van der Waals surface area contributed by atoms with Crippen LogP contribution >= 0.6 is 15.9 Å². The maximum atomic E-state index is 13.7. The zero-order chi connectivity index (χ0) is 14.8. The Morgan fingerprint density at radius 3 is 2.42 bits per heavy atom. The molecule has 0 saturated carbocycles. The summed E-state index contributed by atoms with van der Waals surface area (Å²) in [6.45, 7) is -0.00259. The van der Waals surface area contributed by atoms with Crippen molar-refractivity contribution in [2.75, 3.05) is 18.9 Å². The van der Waals surface area contributed by atoms with Crippen molar-refractivity contribution in [2.45, 2.75) is 17.4 Å². The Morgan fingerprint density at radius 1 is 1.42 bits per heavy atom. The van der Waals surface area contributed by atoms with Gasteiger partial charge in [-0.05, 0) is 35.0 Å². The molecular formula is C10H14BrFN2O4S. The van der Waals surface area contributed by atoms with Crippen LogP contribution in [0.1, 0.15) is 6.92 Å². The van der Waals surface area contributed by atoms with E-state index in [1.807, 2.05) is 4.72 Å². The lowest BCUT2D eigenvalue weighted by atomic mass is 10.1. The fourth-order valence-electron chi connectivity index (χ4n) is 1.24. The normalized spacial score (nSPS) is 12.7. The van der Waals surface area contributed by atoms with E-state index in [0.29, 0.717) is 0 Å². The van der Waals surface area contributed by atoms with Crippen LogP contribution in [0.2, 0.25) is 0 Å². The van der Waals surface area contributed by atoms with E-state index in [-0.39, 0.29) is 10.2 Å². The average molecular weight is 357 g/mol. The molecule has 1 rings (SSSR count). The molecule has 0 spiro atoms. The standard InChI is InChI=1S/C10H14BrFN2O4S/c1-10(4-15,5-16)14-19(17,18)9-3-8(13)6(11)2-7(9)12/h2-3,14-16H,4-5,13H2,1H3. The fraction of sp³-hybridized carbons (Fsp3) is 0.400. The van der Waals surface area contributed by atoms with Gasteiger partial charge in [0.05, 0.1) is 18.8 Å². The number of nitrogen functional groups attached to an aromatic ring is 1. The van der Waals surface area contributed by atoms with Crippen LogP contribution in [0, 0.1) is 5.82 Å². The number of rotatable bonds is 5. The number of nitrogens with two attached hydrogens (primary N) is 1. The number of aliphatic hydroxyl groups is 2. The Bertz CT molecular complexity index is 575. The zero-order valence-corrected chi connectivity index (χ0v) is 12.4. The van der Waals surface area contributed by atoms with Crippen LogP contribution in [0.4, 0.5) is 10.1 Å². The Kier molecular flexibility index (Phi) is 4.91. The number of aliphatic hydroxyl groups excluding tert-OH is 2. The van der Waals surface area contributed by atoms with Crippen LogP contribution in [0.3, 0.4) is 0 Å². The Hall–Kier alpha value is -0.740. The molecule has 19 heavy (non-hydrogen) atoms. The van der Waals surface area contributed by atoms with Crippen molar-refractivity contribution in [3.63, 3.8) is 0 Å². The number of hydrogen-bond acceptors (Lipinski definition) is 5. The molecule has 0 aromatic heterocycles. The van der Waals surface area contributed by atoms with E-state index >= 15 is 0 Å². The second-order valence-corrected chi connectivity index (χ2v) is 6.79. The smallest absolute Gasteiger partial charge is 0.244 e. The lowest BCUT2D eigenvalue weighted by molar-refractivity contribution is 0.121. The molecule has 0 aliphatic carbocycles. The first-order chi connectivity index (χ1) is 8.65. The maximum Gasteiger partial charge on any atom is 0.244 e. The minimum atomic E-state index is -4.26. The summed E-state index contributed by atoms with van der Waals surface area (Å²) in [6, 6.07) is 1.88. The van der Waals surface area contributed by atoms with Crippen LogP contribution in [0.15, 0.2) is 21.5 Å². The maximum absolute atomic E-state index is 13.7. The molecule has 0 saturated heterocycles. The van der Waals surface area contributed by atoms with Gasteiger partial charge in [0, 0.05) is 10.2 Å². The molecule has 6 nitrogen and oxygen atoms in total. The van der Waals surface area contributed by atoms with E-state index in [1.165, 1.54) is 6.92 Å². The second-order valence-electron chi connectivity index (χ2n) is 4.29. The minimum Gasteiger partial charge on any atom is -0.398 e. The number of sulfonamides is 1. The summed E-state index contributed by atoms with van der Waals surface area (Å²) in [5, 5.41) is 18.1. The van der Waals surface area contributed by atoms with Crippen molar-refractivity contribution in [2.24, 2.45) is 0 Å². The van der Waals surface area contributed by atoms with Crippen molar-refractivity contribution in [3.8, 4) is 0 Å². The van der Waals surface area contributed by atoms with Gasteiger partial charge in [-0.1, -0.05) is 0 Å². The summed E-state index contributed by atoms with van der Waals surface area (Å²) < 4.78 is 40.0. The molecule has 1 aromatic rings. The number of anilines is 1. The van der Waals surface area contributed by atoms with Gasteiger partial charge in [0.15, 0.2) is 0 Å². The molecule has 0 fully saturated rings. The van der Waals surface area contributed by atoms with Crippen LogP contribution in [-0.2, 0) is 10.0 Å². The van der Waals surface area contributed by atoms with Crippen molar-refractivity contribution in [1.82, 2.24) is 4.72 Å². The van der Waals surface area contributed by atoms with E-state index < -0.39 is 39.5 Å². The third-order valence-corrected chi connectivity index (χ3v) is 4.76. The molecule has 108 valence electrons. The average Bonchev–Trinajstić information content (AvgIpc) is 2.33. The first-order valence-electron chi connectivity index (χ1n) is 5.15. The molecule has 9 heteroatoms. The van der Waals surface area contributed by atoms with Gasteiger partial charge in [-0.15, -0.1) is 0 Å². The predicted molar refractivity (Wildman–Crippen MR) is 71.4 cm³/mol. The van der Waals surface area contributed by atoms with Crippen LogP contribution in [0.25, 0.3) is 0 Å². The summed E-state index contributed by atoms with van der Waals surface area (Å²) in [4.78, 5) is -0.652. The molecular weight excluding hydrogens is 343 g/mol. The largest absolute Gasteiger partial charge is 0.398 e. The second kappa shape index (κ2) is 5.71. The van der Waals surface area contributed by atoms with Gasteiger partial charge in [-0.25, -0.2) is 17.5 Å². The summed E-state index contributed by atoms with van der Waals surface area (Å²) in [5.41, 5.74) is 4.07. The Morgan fingerprint density at radius 2 is 1.95 bits per heavy atom. The van der Waals surface area contributed by atoms with E-state index in [4.69, 9.17) is 15.9 Å². The monoisotopic (exact) mass is 356 g/mol. The highest BCUT2D eigenvalue weighted by Crippen LogP contribution is 2.26. The molecule has 0 radical (unpaired) electrons. The molecule has 0 aliphatic heterocycles. The zero-order valence-electron chi connectivity index (χ0n) is 10.0. The third kappa shape index (κ3) is 3.63. The molecule has 0 bridgehead atoms. The van der Waals surface area contributed by atoms with E-state index in [9.17, 15) is 12.8 Å².